The van der Waals surface area contributed by atoms with Crippen LogP contribution in [0.2, 0.25) is 0 Å². The highest BCUT2D eigenvalue weighted by Gasteiger charge is 2.05. The molecule has 8 nitrogen and oxygen atoms in total. The molecule has 30 heavy (non-hydrogen) atoms. The number of unbranched alkanes of at least 4 members (excludes halogenated alkanes) is 3. The summed E-state index contributed by atoms with van der Waals surface area (Å²) in [5.41, 5.74) is 4.72. The molecule has 8 heteroatoms. The molecule has 3 N–H and O–H groups in total. The van der Waals surface area contributed by atoms with Crippen molar-refractivity contribution < 1.29 is 14.8 Å². The number of anilines is 1. The summed E-state index contributed by atoms with van der Waals surface area (Å²) in [6.45, 7) is 0.579. The van der Waals surface area contributed by atoms with Crippen molar-refractivity contribution in [3.8, 4) is 0 Å². The Bertz CT molecular complexity index is 833. The van der Waals surface area contributed by atoms with Gasteiger partial charge in [0.15, 0.2) is 0 Å². The van der Waals surface area contributed by atoms with Gasteiger partial charge in [-0.3, -0.25) is 14.8 Å². The van der Waals surface area contributed by atoms with E-state index in [2.05, 4.69) is 15.5 Å². The van der Waals surface area contributed by atoms with Crippen LogP contribution in [0.15, 0.2) is 58.8 Å². The summed E-state index contributed by atoms with van der Waals surface area (Å²) < 4.78 is 0. The van der Waals surface area contributed by atoms with Crippen molar-refractivity contribution in [2.75, 3.05) is 25.5 Å². The number of azo groups is 1. The molecule has 2 aromatic rings. The Hall–Kier alpha value is -3.26. The fourth-order valence-corrected chi connectivity index (χ4v) is 2.74. The first-order chi connectivity index (χ1) is 14.5. The number of nitrogens with zero attached hydrogens (tertiary/aromatic N) is 3. The quantitative estimate of drug-likeness (QED) is 0.221. The Balaban J connectivity index is 1.72. The summed E-state index contributed by atoms with van der Waals surface area (Å²) in [6.07, 6.45) is 3.66. The lowest BCUT2D eigenvalue weighted by atomic mass is 10.1. The van der Waals surface area contributed by atoms with Crippen molar-refractivity contribution in [2.45, 2.75) is 32.1 Å². The van der Waals surface area contributed by atoms with Gasteiger partial charge in [-0.25, -0.2) is 5.48 Å². The van der Waals surface area contributed by atoms with E-state index >= 15 is 0 Å². The van der Waals surface area contributed by atoms with Crippen LogP contribution < -0.4 is 15.7 Å². The van der Waals surface area contributed by atoms with Crippen LogP contribution in [0.3, 0.4) is 0 Å². The van der Waals surface area contributed by atoms with Crippen molar-refractivity contribution in [1.82, 2.24) is 10.8 Å². The maximum absolute atomic E-state index is 12.2. The molecule has 160 valence electrons. The van der Waals surface area contributed by atoms with Gasteiger partial charge in [0.1, 0.15) is 0 Å². The number of rotatable bonds is 11. The van der Waals surface area contributed by atoms with E-state index in [-0.39, 0.29) is 11.8 Å². The molecular weight excluding hydrogens is 382 g/mol. The molecule has 0 heterocycles. The third kappa shape index (κ3) is 8.00. The third-order valence-electron chi connectivity index (χ3n) is 4.52. The van der Waals surface area contributed by atoms with Crippen LogP contribution in [0.4, 0.5) is 17.1 Å². The smallest absolute Gasteiger partial charge is 0.251 e. The summed E-state index contributed by atoms with van der Waals surface area (Å²) in [5.74, 6) is -0.495. The molecule has 0 saturated carbocycles. The number of nitrogens with one attached hydrogen (secondary N) is 2. The van der Waals surface area contributed by atoms with Crippen LogP contribution in [0.5, 0.6) is 0 Å². The van der Waals surface area contributed by atoms with Crippen LogP contribution in [-0.2, 0) is 4.79 Å². The third-order valence-corrected chi connectivity index (χ3v) is 4.52. The monoisotopic (exact) mass is 411 g/mol. The average Bonchev–Trinajstić information content (AvgIpc) is 2.77. The molecule has 0 bridgehead atoms. The zero-order valence-electron chi connectivity index (χ0n) is 17.5. The van der Waals surface area contributed by atoms with Gasteiger partial charge in [0.25, 0.3) is 5.91 Å². The molecule has 0 spiro atoms. The van der Waals surface area contributed by atoms with E-state index in [0.717, 1.165) is 37.1 Å². The standard InChI is InChI=1S/C22H29N5O3/c1-27(2)20-14-12-19(13-15-20)25-24-18-10-8-17(9-11-18)22(29)23-16-6-4-3-5-7-21(28)26-30/h8-15,30H,3-7,16H2,1-2H3,(H,23,29)(H,26,28)/b25-24+. The second-order valence-corrected chi connectivity index (χ2v) is 7.11. The second-order valence-electron chi connectivity index (χ2n) is 7.11. The van der Waals surface area contributed by atoms with E-state index in [4.69, 9.17) is 5.21 Å². The summed E-state index contributed by atoms with van der Waals surface area (Å²) in [6, 6.07) is 14.8. The number of benzene rings is 2. The number of amides is 2. The van der Waals surface area contributed by atoms with E-state index in [1.54, 1.807) is 29.7 Å². The van der Waals surface area contributed by atoms with Crippen LogP contribution >= 0.6 is 0 Å². The molecule has 2 amide bonds. The maximum atomic E-state index is 12.2. The Morgan fingerprint density at radius 1 is 0.867 bits per heavy atom. The van der Waals surface area contributed by atoms with Crippen LogP contribution in [0.1, 0.15) is 42.5 Å². The fraction of sp³-hybridized carbons (Fsp3) is 0.364. The van der Waals surface area contributed by atoms with Gasteiger partial charge < -0.3 is 10.2 Å². The van der Waals surface area contributed by atoms with Gasteiger partial charge >= 0.3 is 0 Å². The molecule has 0 aromatic heterocycles. The molecule has 0 aliphatic rings. The molecule has 2 aromatic carbocycles. The highest BCUT2D eigenvalue weighted by atomic mass is 16.5. The SMILES string of the molecule is CN(C)c1ccc(/N=N/c2ccc(C(=O)NCCCCCCC(=O)NO)cc2)cc1. The zero-order chi connectivity index (χ0) is 21.8. The Kier molecular flexibility index (Phi) is 9.47. The topological polar surface area (TPSA) is 106 Å². The van der Waals surface area contributed by atoms with Crippen molar-refractivity contribution in [2.24, 2.45) is 10.2 Å². The minimum atomic E-state index is -0.367. The molecule has 0 saturated heterocycles. The normalized spacial score (nSPS) is 10.8. The first kappa shape index (κ1) is 23.0. The zero-order valence-corrected chi connectivity index (χ0v) is 17.5. The fourth-order valence-electron chi connectivity index (χ4n) is 2.74. The molecule has 0 atom stereocenters. The summed E-state index contributed by atoms with van der Waals surface area (Å²) in [4.78, 5) is 25.1. The molecule has 0 aliphatic carbocycles. The predicted molar refractivity (Wildman–Crippen MR) is 117 cm³/mol. The minimum absolute atomic E-state index is 0.127. The van der Waals surface area contributed by atoms with E-state index in [9.17, 15) is 9.59 Å². The summed E-state index contributed by atoms with van der Waals surface area (Å²) >= 11 is 0. The first-order valence-corrected chi connectivity index (χ1v) is 10.00. The van der Waals surface area contributed by atoms with Gasteiger partial charge in [-0.1, -0.05) is 12.8 Å². The summed E-state index contributed by atoms with van der Waals surface area (Å²) in [5, 5.41) is 19.7. The predicted octanol–water partition coefficient (Wildman–Crippen LogP) is 4.35. The molecule has 0 fully saturated rings. The Labute approximate surface area is 177 Å². The lowest BCUT2D eigenvalue weighted by molar-refractivity contribution is -0.129. The van der Waals surface area contributed by atoms with E-state index in [1.807, 2.05) is 43.3 Å². The van der Waals surface area contributed by atoms with Crippen LogP contribution in [0, 0.1) is 0 Å². The van der Waals surface area contributed by atoms with Crippen molar-refractivity contribution in [1.29, 1.82) is 0 Å². The lowest BCUT2D eigenvalue weighted by Gasteiger charge is -2.11. The van der Waals surface area contributed by atoms with Crippen LogP contribution in [0.25, 0.3) is 0 Å². The maximum Gasteiger partial charge on any atom is 0.251 e. The van der Waals surface area contributed by atoms with Gasteiger partial charge in [-0.15, -0.1) is 0 Å². The van der Waals surface area contributed by atoms with Crippen molar-refractivity contribution in [3.63, 3.8) is 0 Å². The van der Waals surface area contributed by atoms with Gasteiger partial charge in [0.05, 0.1) is 11.4 Å². The number of hydroxylamine groups is 1. The lowest BCUT2D eigenvalue weighted by Crippen LogP contribution is -2.24. The highest BCUT2D eigenvalue weighted by molar-refractivity contribution is 5.94. The van der Waals surface area contributed by atoms with E-state index in [1.165, 1.54) is 0 Å². The second kappa shape index (κ2) is 12.3. The van der Waals surface area contributed by atoms with Gasteiger partial charge in [-0.05, 0) is 61.4 Å². The van der Waals surface area contributed by atoms with E-state index in [0.29, 0.717) is 24.2 Å². The average molecular weight is 412 g/mol. The molecule has 0 unspecified atom stereocenters. The van der Waals surface area contributed by atoms with Crippen LogP contribution in [-0.4, -0.2) is 37.7 Å². The van der Waals surface area contributed by atoms with E-state index < -0.39 is 0 Å². The molecule has 0 aliphatic heterocycles. The minimum Gasteiger partial charge on any atom is -0.378 e. The molecular formula is C22H29N5O3. The van der Waals surface area contributed by atoms with Crippen molar-refractivity contribution in [3.05, 3.63) is 54.1 Å². The number of carbonyl (C=O) groups excluding carboxylic acids is 2. The first-order valence-electron chi connectivity index (χ1n) is 10.00. The van der Waals surface area contributed by atoms with Crippen molar-refractivity contribution >= 4 is 28.9 Å². The highest BCUT2D eigenvalue weighted by Crippen LogP contribution is 2.21. The molecule has 2 rings (SSSR count). The Morgan fingerprint density at radius 2 is 1.43 bits per heavy atom. The number of carbonyl (C=O) groups is 2. The number of hydrogen-bond donors (Lipinski definition) is 3. The molecule has 0 radical (unpaired) electrons. The van der Waals surface area contributed by atoms with Gasteiger partial charge in [0, 0.05) is 38.3 Å². The largest absolute Gasteiger partial charge is 0.378 e. The Morgan fingerprint density at radius 3 is 2.00 bits per heavy atom. The van der Waals surface area contributed by atoms with Gasteiger partial charge in [-0.2, -0.15) is 10.2 Å². The van der Waals surface area contributed by atoms with Gasteiger partial charge in [0.2, 0.25) is 5.91 Å². The number of hydrogen-bond acceptors (Lipinski definition) is 6. The summed E-state index contributed by atoms with van der Waals surface area (Å²) in [7, 11) is 3.97.